The molecule has 1 aliphatic carbocycles. The SMILES string of the molecule is NC(=O)N[C@@H]1CC[C@@H]1C(=O)O. The Morgan fingerprint density at radius 3 is 2.36 bits per heavy atom. The van der Waals surface area contributed by atoms with E-state index in [-0.39, 0.29) is 6.04 Å². The molecule has 4 N–H and O–H groups in total. The predicted octanol–water partition coefficient (Wildman–Crippen LogP) is -0.482. The van der Waals surface area contributed by atoms with Crippen LogP contribution in [0.4, 0.5) is 4.79 Å². The molecule has 0 aliphatic heterocycles. The number of urea groups is 1. The van der Waals surface area contributed by atoms with Crippen LogP contribution in [0.2, 0.25) is 0 Å². The van der Waals surface area contributed by atoms with Gasteiger partial charge < -0.3 is 16.2 Å². The molecular formula is C6H10N2O3. The lowest BCUT2D eigenvalue weighted by atomic mass is 9.80. The van der Waals surface area contributed by atoms with Crippen molar-refractivity contribution in [2.24, 2.45) is 11.7 Å². The van der Waals surface area contributed by atoms with Crippen molar-refractivity contribution >= 4 is 12.0 Å². The van der Waals surface area contributed by atoms with Crippen LogP contribution in [0.15, 0.2) is 0 Å². The largest absolute Gasteiger partial charge is 0.481 e. The molecule has 2 atom stereocenters. The smallest absolute Gasteiger partial charge is 0.312 e. The van der Waals surface area contributed by atoms with Crippen molar-refractivity contribution < 1.29 is 14.7 Å². The van der Waals surface area contributed by atoms with Gasteiger partial charge in [-0.15, -0.1) is 0 Å². The first-order valence-electron chi connectivity index (χ1n) is 3.40. The van der Waals surface area contributed by atoms with E-state index in [2.05, 4.69) is 5.32 Å². The molecule has 0 heterocycles. The minimum absolute atomic E-state index is 0.259. The summed E-state index contributed by atoms with van der Waals surface area (Å²) in [5, 5.41) is 10.9. The zero-order valence-electron chi connectivity index (χ0n) is 5.91. The van der Waals surface area contributed by atoms with Gasteiger partial charge >= 0.3 is 12.0 Å². The van der Waals surface area contributed by atoms with E-state index in [0.717, 1.165) is 0 Å². The summed E-state index contributed by atoms with van der Waals surface area (Å²) in [7, 11) is 0. The van der Waals surface area contributed by atoms with Gasteiger partial charge in [-0.05, 0) is 12.8 Å². The fourth-order valence-corrected chi connectivity index (χ4v) is 1.15. The van der Waals surface area contributed by atoms with Crippen molar-refractivity contribution in [3.63, 3.8) is 0 Å². The molecule has 1 fully saturated rings. The molecule has 0 aromatic carbocycles. The average Bonchev–Trinajstić information content (AvgIpc) is 1.78. The number of carboxylic acids is 1. The lowest BCUT2D eigenvalue weighted by Gasteiger charge is -2.33. The Bertz CT molecular complexity index is 192. The third-order valence-electron chi connectivity index (χ3n) is 1.92. The first-order valence-corrected chi connectivity index (χ1v) is 3.40. The molecule has 1 aliphatic rings. The summed E-state index contributed by atoms with van der Waals surface area (Å²) >= 11 is 0. The maximum absolute atomic E-state index is 10.4. The average molecular weight is 158 g/mol. The van der Waals surface area contributed by atoms with Crippen LogP contribution >= 0.6 is 0 Å². The molecule has 0 bridgehead atoms. The van der Waals surface area contributed by atoms with Crippen molar-refractivity contribution in [2.75, 3.05) is 0 Å². The van der Waals surface area contributed by atoms with Crippen molar-refractivity contribution in [1.82, 2.24) is 5.32 Å². The minimum Gasteiger partial charge on any atom is -0.481 e. The van der Waals surface area contributed by atoms with Gasteiger partial charge in [0.2, 0.25) is 0 Å². The Balaban J connectivity index is 2.37. The van der Waals surface area contributed by atoms with Crippen LogP contribution in [0.1, 0.15) is 12.8 Å². The number of amides is 2. The Labute approximate surface area is 63.6 Å². The van der Waals surface area contributed by atoms with Gasteiger partial charge in [0.05, 0.1) is 5.92 Å². The molecule has 11 heavy (non-hydrogen) atoms. The third kappa shape index (κ3) is 1.60. The normalized spacial score (nSPS) is 28.7. The summed E-state index contributed by atoms with van der Waals surface area (Å²) in [5.41, 5.74) is 4.82. The van der Waals surface area contributed by atoms with E-state index in [4.69, 9.17) is 10.8 Å². The van der Waals surface area contributed by atoms with Crippen molar-refractivity contribution in [2.45, 2.75) is 18.9 Å². The zero-order chi connectivity index (χ0) is 8.43. The highest BCUT2D eigenvalue weighted by Gasteiger charge is 2.36. The van der Waals surface area contributed by atoms with Gasteiger partial charge in [0.1, 0.15) is 0 Å². The van der Waals surface area contributed by atoms with Gasteiger partial charge in [0, 0.05) is 6.04 Å². The summed E-state index contributed by atoms with van der Waals surface area (Å²) in [4.78, 5) is 20.7. The van der Waals surface area contributed by atoms with Crippen LogP contribution in [0.3, 0.4) is 0 Å². The highest BCUT2D eigenvalue weighted by Crippen LogP contribution is 2.27. The standard InChI is InChI=1S/C6H10N2O3/c7-6(11)8-4-2-1-3(4)5(9)10/h3-4H,1-2H2,(H,9,10)(H3,7,8,11)/t3-,4+/m0/s1. The number of carbonyl (C=O) groups excluding carboxylic acids is 1. The van der Waals surface area contributed by atoms with E-state index >= 15 is 0 Å². The molecule has 0 aromatic heterocycles. The van der Waals surface area contributed by atoms with E-state index in [1.54, 1.807) is 0 Å². The highest BCUT2D eigenvalue weighted by atomic mass is 16.4. The Morgan fingerprint density at radius 2 is 2.09 bits per heavy atom. The molecule has 0 radical (unpaired) electrons. The fourth-order valence-electron chi connectivity index (χ4n) is 1.15. The number of aliphatic carboxylic acids is 1. The number of nitrogens with two attached hydrogens (primary N) is 1. The highest BCUT2D eigenvalue weighted by molar-refractivity contribution is 5.76. The van der Waals surface area contributed by atoms with Gasteiger partial charge in [0.25, 0.3) is 0 Å². The summed E-state index contributed by atoms with van der Waals surface area (Å²) in [5.74, 6) is -1.31. The number of carbonyl (C=O) groups is 2. The topological polar surface area (TPSA) is 92.4 Å². The molecule has 5 heteroatoms. The second kappa shape index (κ2) is 2.77. The van der Waals surface area contributed by atoms with E-state index < -0.39 is 17.9 Å². The van der Waals surface area contributed by atoms with E-state index in [1.165, 1.54) is 0 Å². The quantitative estimate of drug-likeness (QED) is 0.506. The maximum Gasteiger partial charge on any atom is 0.312 e. The molecule has 0 spiro atoms. The van der Waals surface area contributed by atoms with Gasteiger partial charge in [-0.2, -0.15) is 0 Å². The maximum atomic E-state index is 10.4. The molecule has 0 aromatic rings. The van der Waals surface area contributed by atoms with Crippen LogP contribution in [0.25, 0.3) is 0 Å². The van der Waals surface area contributed by atoms with Crippen LogP contribution in [-0.2, 0) is 4.79 Å². The first-order chi connectivity index (χ1) is 5.11. The summed E-state index contributed by atoms with van der Waals surface area (Å²) < 4.78 is 0. The monoisotopic (exact) mass is 158 g/mol. The number of hydrogen-bond acceptors (Lipinski definition) is 2. The van der Waals surface area contributed by atoms with Gasteiger partial charge in [-0.3, -0.25) is 4.79 Å². The molecule has 0 saturated heterocycles. The van der Waals surface area contributed by atoms with Crippen molar-refractivity contribution in [3.05, 3.63) is 0 Å². The summed E-state index contributed by atoms with van der Waals surface area (Å²) in [6, 6.07) is -0.911. The van der Waals surface area contributed by atoms with Gasteiger partial charge in [-0.25, -0.2) is 4.79 Å². The molecule has 62 valence electrons. The van der Waals surface area contributed by atoms with Crippen molar-refractivity contribution in [1.29, 1.82) is 0 Å². The molecule has 1 rings (SSSR count). The molecule has 1 saturated carbocycles. The minimum atomic E-state index is -0.866. The van der Waals surface area contributed by atoms with E-state index in [1.807, 2.05) is 0 Å². The van der Waals surface area contributed by atoms with Crippen molar-refractivity contribution in [3.8, 4) is 0 Å². The molecule has 2 amide bonds. The first kappa shape index (κ1) is 7.84. The number of rotatable bonds is 2. The third-order valence-corrected chi connectivity index (χ3v) is 1.92. The number of carboxylic acid groups (broad SMARTS) is 1. The van der Waals surface area contributed by atoms with Crippen LogP contribution in [0, 0.1) is 5.92 Å². The summed E-state index contributed by atoms with van der Waals surface area (Å²) in [6.07, 6.45) is 1.33. The van der Waals surface area contributed by atoms with Crippen LogP contribution in [-0.4, -0.2) is 23.1 Å². The number of primary amides is 1. The van der Waals surface area contributed by atoms with Crippen LogP contribution in [0.5, 0.6) is 0 Å². The van der Waals surface area contributed by atoms with E-state index in [9.17, 15) is 9.59 Å². The lowest BCUT2D eigenvalue weighted by Crippen LogP contribution is -2.51. The Hall–Kier alpha value is -1.26. The number of hydrogen-bond donors (Lipinski definition) is 3. The molecule has 0 unspecified atom stereocenters. The van der Waals surface area contributed by atoms with E-state index in [0.29, 0.717) is 12.8 Å². The molecular weight excluding hydrogens is 148 g/mol. The molecule has 5 nitrogen and oxygen atoms in total. The fraction of sp³-hybridized carbons (Fsp3) is 0.667. The van der Waals surface area contributed by atoms with Gasteiger partial charge in [0.15, 0.2) is 0 Å². The second-order valence-corrected chi connectivity index (χ2v) is 2.64. The lowest BCUT2D eigenvalue weighted by molar-refractivity contribution is -0.145. The van der Waals surface area contributed by atoms with Crippen LogP contribution < -0.4 is 11.1 Å². The predicted molar refractivity (Wildman–Crippen MR) is 36.9 cm³/mol. The Morgan fingerprint density at radius 1 is 1.45 bits per heavy atom. The number of nitrogens with one attached hydrogen (secondary N) is 1. The Kier molecular flexibility index (Phi) is 1.98. The zero-order valence-corrected chi connectivity index (χ0v) is 5.91. The summed E-state index contributed by atoms with van der Waals surface area (Å²) in [6.45, 7) is 0. The second-order valence-electron chi connectivity index (χ2n) is 2.64. The van der Waals surface area contributed by atoms with Gasteiger partial charge in [-0.1, -0.05) is 0 Å².